The van der Waals surface area contributed by atoms with Crippen molar-refractivity contribution in [1.82, 2.24) is 4.57 Å². The lowest BCUT2D eigenvalue weighted by Gasteiger charge is -2.10. The second kappa shape index (κ2) is 4.40. The maximum atomic E-state index is 11.0. The van der Waals surface area contributed by atoms with E-state index < -0.39 is 12.0 Å². The third-order valence-electron chi connectivity index (χ3n) is 3.38. The SMILES string of the molecule is N[C@@H](Cn1c2ccccc2c2ccccc21)C(=O)O. The molecule has 4 nitrogen and oxygen atoms in total. The van der Waals surface area contributed by atoms with Gasteiger partial charge in [-0.25, -0.2) is 0 Å². The first-order chi connectivity index (χ1) is 9.18. The van der Waals surface area contributed by atoms with Crippen LogP contribution in [0, 0.1) is 0 Å². The molecule has 0 saturated heterocycles. The number of benzene rings is 2. The van der Waals surface area contributed by atoms with Gasteiger partial charge >= 0.3 is 5.97 Å². The highest BCUT2D eigenvalue weighted by Crippen LogP contribution is 2.28. The van der Waals surface area contributed by atoms with E-state index in [-0.39, 0.29) is 6.54 Å². The summed E-state index contributed by atoms with van der Waals surface area (Å²) >= 11 is 0. The predicted molar refractivity (Wildman–Crippen MR) is 75.1 cm³/mol. The van der Waals surface area contributed by atoms with Crippen LogP contribution in [-0.2, 0) is 11.3 Å². The molecule has 1 heterocycles. The maximum Gasteiger partial charge on any atom is 0.322 e. The Labute approximate surface area is 110 Å². The van der Waals surface area contributed by atoms with E-state index >= 15 is 0 Å². The van der Waals surface area contributed by atoms with E-state index in [9.17, 15) is 4.79 Å². The van der Waals surface area contributed by atoms with E-state index in [1.807, 2.05) is 53.1 Å². The first kappa shape index (κ1) is 11.7. The zero-order chi connectivity index (χ0) is 13.4. The fraction of sp³-hybridized carbons (Fsp3) is 0.133. The molecule has 4 heteroatoms. The minimum atomic E-state index is -0.984. The molecule has 0 amide bonds. The molecule has 0 bridgehead atoms. The van der Waals surface area contributed by atoms with Gasteiger partial charge in [0, 0.05) is 28.4 Å². The molecule has 0 unspecified atom stereocenters. The van der Waals surface area contributed by atoms with Crippen LogP contribution < -0.4 is 5.73 Å². The summed E-state index contributed by atoms with van der Waals surface area (Å²) in [7, 11) is 0. The Morgan fingerprint density at radius 3 is 2.00 bits per heavy atom. The minimum absolute atomic E-state index is 0.267. The van der Waals surface area contributed by atoms with Crippen LogP contribution in [0.1, 0.15) is 0 Å². The molecule has 3 N–H and O–H groups in total. The molecule has 0 aliphatic rings. The highest BCUT2D eigenvalue weighted by atomic mass is 16.4. The maximum absolute atomic E-state index is 11.0. The fourth-order valence-corrected chi connectivity index (χ4v) is 2.47. The van der Waals surface area contributed by atoms with Crippen molar-refractivity contribution in [2.45, 2.75) is 12.6 Å². The summed E-state index contributed by atoms with van der Waals surface area (Å²) in [5, 5.41) is 11.2. The Kier molecular flexibility index (Phi) is 2.72. The van der Waals surface area contributed by atoms with Crippen molar-refractivity contribution >= 4 is 27.8 Å². The van der Waals surface area contributed by atoms with Crippen LogP contribution in [0.5, 0.6) is 0 Å². The van der Waals surface area contributed by atoms with Crippen molar-refractivity contribution in [3.05, 3.63) is 48.5 Å². The summed E-state index contributed by atoms with van der Waals surface area (Å²) in [5.41, 5.74) is 7.70. The number of aliphatic carboxylic acids is 1. The van der Waals surface area contributed by atoms with Gasteiger partial charge in [-0.15, -0.1) is 0 Å². The van der Waals surface area contributed by atoms with Gasteiger partial charge in [0.15, 0.2) is 0 Å². The van der Waals surface area contributed by atoms with Crippen LogP contribution in [0.2, 0.25) is 0 Å². The van der Waals surface area contributed by atoms with E-state index in [4.69, 9.17) is 10.8 Å². The number of carboxylic acid groups (broad SMARTS) is 1. The average molecular weight is 254 g/mol. The summed E-state index contributed by atoms with van der Waals surface area (Å²) in [6.45, 7) is 0.267. The van der Waals surface area contributed by atoms with Gasteiger partial charge in [0.1, 0.15) is 6.04 Å². The molecule has 2 aromatic carbocycles. The topological polar surface area (TPSA) is 68.2 Å². The quantitative estimate of drug-likeness (QED) is 0.753. The number of para-hydroxylation sites is 2. The van der Waals surface area contributed by atoms with Crippen molar-refractivity contribution in [2.75, 3.05) is 0 Å². The summed E-state index contributed by atoms with van der Waals surface area (Å²) in [4.78, 5) is 11.0. The smallest absolute Gasteiger partial charge is 0.322 e. The van der Waals surface area contributed by atoms with Gasteiger partial charge in [-0.1, -0.05) is 36.4 Å². The lowest BCUT2D eigenvalue weighted by atomic mass is 10.2. The largest absolute Gasteiger partial charge is 0.480 e. The minimum Gasteiger partial charge on any atom is -0.480 e. The standard InChI is InChI=1S/C15H14N2O2/c16-12(15(18)19)9-17-13-7-3-1-5-10(13)11-6-2-4-8-14(11)17/h1-8,12H,9,16H2,(H,18,19)/t12-/m0/s1. The molecule has 0 spiro atoms. The zero-order valence-electron chi connectivity index (χ0n) is 10.3. The Bertz CT molecular complexity index is 708. The number of carbonyl (C=O) groups is 1. The van der Waals surface area contributed by atoms with E-state index in [2.05, 4.69) is 0 Å². The van der Waals surface area contributed by atoms with E-state index in [1.165, 1.54) is 0 Å². The van der Waals surface area contributed by atoms with Gasteiger partial charge in [-0.05, 0) is 12.1 Å². The van der Waals surface area contributed by atoms with Crippen LogP contribution in [0.3, 0.4) is 0 Å². The number of rotatable bonds is 3. The molecular formula is C15H14N2O2. The number of nitrogens with two attached hydrogens (primary N) is 1. The number of hydrogen-bond donors (Lipinski definition) is 2. The van der Waals surface area contributed by atoms with Crippen molar-refractivity contribution in [3.63, 3.8) is 0 Å². The number of fused-ring (bicyclic) bond motifs is 3. The van der Waals surface area contributed by atoms with Gasteiger partial charge < -0.3 is 15.4 Å². The third kappa shape index (κ3) is 1.86. The molecule has 0 saturated carbocycles. The monoisotopic (exact) mass is 254 g/mol. The van der Waals surface area contributed by atoms with Gasteiger partial charge in [-0.3, -0.25) is 4.79 Å². The Morgan fingerprint density at radius 1 is 1.05 bits per heavy atom. The summed E-state index contributed by atoms with van der Waals surface area (Å²) in [6, 6.07) is 15.0. The number of carboxylic acids is 1. The van der Waals surface area contributed by atoms with Crippen molar-refractivity contribution < 1.29 is 9.90 Å². The van der Waals surface area contributed by atoms with Crippen molar-refractivity contribution in [1.29, 1.82) is 0 Å². The third-order valence-corrected chi connectivity index (χ3v) is 3.38. The zero-order valence-corrected chi connectivity index (χ0v) is 10.3. The normalized spacial score (nSPS) is 12.9. The first-order valence-corrected chi connectivity index (χ1v) is 6.13. The molecule has 19 heavy (non-hydrogen) atoms. The summed E-state index contributed by atoms with van der Waals surface area (Å²) < 4.78 is 1.98. The highest BCUT2D eigenvalue weighted by Gasteiger charge is 2.16. The van der Waals surface area contributed by atoms with Gasteiger partial charge in [-0.2, -0.15) is 0 Å². The van der Waals surface area contributed by atoms with Crippen LogP contribution in [0.25, 0.3) is 21.8 Å². The predicted octanol–water partition coefficient (Wildman–Crippen LogP) is 2.21. The van der Waals surface area contributed by atoms with Crippen LogP contribution >= 0.6 is 0 Å². The van der Waals surface area contributed by atoms with Crippen molar-refractivity contribution in [3.8, 4) is 0 Å². The summed E-state index contributed by atoms with van der Waals surface area (Å²) in [5.74, 6) is -0.984. The number of nitrogens with zero attached hydrogens (tertiary/aromatic N) is 1. The number of hydrogen-bond acceptors (Lipinski definition) is 2. The second-order valence-electron chi connectivity index (χ2n) is 4.59. The van der Waals surface area contributed by atoms with E-state index in [0.717, 1.165) is 21.8 Å². The second-order valence-corrected chi connectivity index (χ2v) is 4.59. The van der Waals surface area contributed by atoms with Crippen LogP contribution in [0.15, 0.2) is 48.5 Å². The molecule has 1 aromatic heterocycles. The Morgan fingerprint density at radius 2 is 1.53 bits per heavy atom. The van der Waals surface area contributed by atoms with Crippen LogP contribution in [0.4, 0.5) is 0 Å². The molecule has 96 valence electrons. The Balaban J connectivity index is 2.27. The van der Waals surface area contributed by atoms with E-state index in [1.54, 1.807) is 0 Å². The molecular weight excluding hydrogens is 240 g/mol. The summed E-state index contributed by atoms with van der Waals surface area (Å²) in [6.07, 6.45) is 0. The van der Waals surface area contributed by atoms with Gasteiger partial charge in [0.05, 0.1) is 0 Å². The molecule has 0 fully saturated rings. The molecule has 0 radical (unpaired) electrons. The van der Waals surface area contributed by atoms with Crippen LogP contribution in [-0.4, -0.2) is 21.7 Å². The first-order valence-electron chi connectivity index (χ1n) is 6.13. The molecule has 3 aromatic rings. The molecule has 3 rings (SSSR count). The lowest BCUT2D eigenvalue weighted by molar-refractivity contribution is -0.138. The molecule has 0 aliphatic heterocycles. The van der Waals surface area contributed by atoms with E-state index in [0.29, 0.717) is 0 Å². The number of aromatic nitrogens is 1. The molecule has 0 aliphatic carbocycles. The van der Waals surface area contributed by atoms with Crippen molar-refractivity contribution in [2.24, 2.45) is 5.73 Å². The lowest BCUT2D eigenvalue weighted by Crippen LogP contribution is -2.34. The van der Waals surface area contributed by atoms with Gasteiger partial charge in [0.2, 0.25) is 0 Å². The Hall–Kier alpha value is -2.33. The fourth-order valence-electron chi connectivity index (χ4n) is 2.47. The van der Waals surface area contributed by atoms with Gasteiger partial charge in [0.25, 0.3) is 0 Å². The average Bonchev–Trinajstić information content (AvgIpc) is 2.74. The highest BCUT2D eigenvalue weighted by molar-refractivity contribution is 6.08. The molecule has 1 atom stereocenters.